The highest BCUT2D eigenvalue weighted by Gasteiger charge is 2.35. The van der Waals surface area contributed by atoms with E-state index in [1.807, 2.05) is 13.0 Å². The third-order valence-corrected chi connectivity index (χ3v) is 4.78. The monoisotopic (exact) mass is 414 g/mol. The molecule has 160 valence electrons. The summed E-state index contributed by atoms with van der Waals surface area (Å²) in [5, 5.41) is 15.7. The summed E-state index contributed by atoms with van der Waals surface area (Å²) in [6, 6.07) is 9.95. The number of carbonyl (C=O) groups excluding carboxylic acids is 1. The average Bonchev–Trinajstić information content (AvgIpc) is 3.22. The van der Waals surface area contributed by atoms with Crippen LogP contribution in [0.2, 0.25) is 0 Å². The van der Waals surface area contributed by atoms with E-state index < -0.39 is 12.1 Å². The second-order valence-corrected chi connectivity index (χ2v) is 6.73. The van der Waals surface area contributed by atoms with Crippen molar-refractivity contribution in [2.75, 3.05) is 27.9 Å². The van der Waals surface area contributed by atoms with Crippen LogP contribution in [-0.2, 0) is 4.74 Å². The summed E-state index contributed by atoms with van der Waals surface area (Å²) in [4.78, 5) is 12.7. The number of hydrazone groups is 1. The van der Waals surface area contributed by atoms with Gasteiger partial charge < -0.3 is 24.1 Å². The van der Waals surface area contributed by atoms with Gasteiger partial charge in [-0.05, 0) is 36.2 Å². The van der Waals surface area contributed by atoms with Crippen molar-refractivity contribution < 1.29 is 28.8 Å². The highest BCUT2D eigenvalue weighted by molar-refractivity contribution is 6.03. The number of benzene rings is 2. The van der Waals surface area contributed by atoms with Crippen LogP contribution >= 0.6 is 0 Å². The van der Waals surface area contributed by atoms with Crippen molar-refractivity contribution >= 4 is 11.8 Å². The lowest BCUT2D eigenvalue weighted by Gasteiger charge is -2.23. The first-order chi connectivity index (χ1) is 14.5. The second-order valence-electron chi connectivity index (χ2n) is 6.73. The molecule has 0 saturated carbocycles. The Bertz CT molecular complexity index is 918. The summed E-state index contributed by atoms with van der Waals surface area (Å²) in [5.74, 6) is 1.57. The number of phenols is 1. The smallest absolute Gasteiger partial charge is 0.430 e. The van der Waals surface area contributed by atoms with E-state index in [-0.39, 0.29) is 5.75 Å². The van der Waals surface area contributed by atoms with E-state index in [1.54, 1.807) is 30.3 Å². The number of hydrogen-bond donors (Lipinski definition) is 1. The van der Waals surface area contributed by atoms with Crippen molar-refractivity contribution in [2.24, 2.45) is 5.10 Å². The third-order valence-electron chi connectivity index (χ3n) is 4.78. The van der Waals surface area contributed by atoms with Crippen LogP contribution in [0.5, 0.6) is 23.0 Å². The Balaban J connectivity index is 2.02. The number of nitrogens with zero attached hydrogens (tertiary/aromatic N) is 2. The van der Waals surface area contributed by atoms with Crippen molar-refractivity contribution in [2.45, 2.75) is 25.8 Å². The molecule has 2 aromatic carbocycles. The molecule has 1 N–H and O–H groups in total. The van der Waals surface area contributed by atoms with Gasteiger partial charge in [-0.1, -0.05) is 19.1 Å². The number of hydrogen-bond acceptors (Lipinski definition) is 7. The zero-order chi connectivity index (χ0) is 21.7. The van der Waals surface area contributed by atoms with Gasteiger partial charge in [-0.15, -0.1) is 0 Å². The van der Waals surface area contributed by atoms with Crippen molar-refractivity contribution in [3.63, 3.8) is 0 Å². The summed E-state index contributed by atoms with van der Waals surface area (Å²) >= 11 is 0. The predicted molar refractivity (Wildman–Crippen MR) is 112 cm³/mol. The minimum Gasteiger partial charge on any atom is -0.508 e. The van der Waals surface area contributed by atoms with E-state index in [9.17, 15) is 9.90 Å². The van der Waals surface area contributed by atoms with Gasteiger partial charge in [0.25, 0.3) is 0 Å². The highest BCUT2D eigenvalue weighted by Crippen LogP contribution is 2.43. The molecule has 1 aliphatic rings. The summed E-state index contributed by atoms with van der Waals surface area (Å²) in [6.07, 6.45) is 0.603. The fourth-order valence-electron chi connectivity index (χ4n) is 3.35. The van der Waals surface area contributed by atoms with Gasteiger partial charge in [0.15, 0.2) is 11.5 Å². The molecule has 0 radical (unpaired) electrons. The van der Waals surface area contributed by atoms with Crippen LogP contribution in [-0.4, -0.2) is 49.9 Å². The van der Waals surface area contributed by atoms with Crippen molar-refractivity contribution in [3.8, 4) is 23.0 Å². The average molecular weight is 414 g/mol. The van der Waals surface area contributed by atoms with Crippen molar-refractivity contribution in [1.29, 1.82) is 0 Å². The van der Waals surface area contributed by atoms with E-state index in [0.717, 1.165) is 11.1 Å². The molecular formula is C22H26N2O6. The zero-order valence-corrected chi connectivity index (χ0v) is 17.5. The molecule has 0 bridgehead atoms. The molecule has 1 aliphatic heterocycles. The first-order valence-corrected chi connectivity index (χ1v) is 9.65. The number of aromatic hydroxyl groups is 1. The first kappa shape index (κ1) is 21.3. The normalized spacial score (nSPS) is 15.5. The van der Waals surface area contributed by atoms with Crippen LogP contribution in [0.1, 0.15) is 36.9 Å². The first-order valence-electron chi connectivity index (χ1n) is 9.65. The minimum atomic E-state index is -0.536. The van der Waals surface area contributed by atoms with Crippen LogP contribution in [0.15, 0.2) is 41.5 Å². The molecule has 1 atom stereocenters. The standard InChI is InChI=1S/C22H26N2O6/c1-5-9-30-22(26)24-18(13-17(23-24)14-7-6-8-16(25)10-14)15-11-19(27-2)21(29-4)20(12-15)28-3/h6-8,10-12,18,25H,5,9,13H2,1-4H3. The Morgan fingerprint density at radius 3 is 2.40 bits per heavy atom. The number of rotatable bonds is 7. The highest BCUT2D eigenvalue weighted by atomic mass is 16.6. The Kier molecular flexibility index (Phi) is 6.66. The van der Waals surface area contributed by atoms with E-state index in [0.29, 0.717) is 42.4 Å². The lowest BCUT2D eigenvalue weighted by Crippen LogP contribution is -2.28. The fraction of sp³-hybridized carbons (Fsp3) is 0.364. The topological polar surface area (TPSA) is 89.8 Å². The van der Waals surface area contributed by atoms with E-state index in [2.05, 4.69) is 5.10 Å². The van der Waals surface area contributed by atoms with Gasteiger partial charge in [0.2, 0.25) is 5.75 Å². The van der Waals surface area contributed by atoms with Gasteiger partial charge in [-0.3, -0.25) is 0 Å². The summed E-state index contributed by atoms with van der Waals surface area (Å²) in [5.41, 5.74) is 2.16. The maximum absolute atomic E-state index is 12.7. The molecule has 1 heterocycles. The zero-order valence-electron chi connectivity index (χ0n) is 17.5. The molecule has 0 aliphatic carbocycles. The number of amides is 1. The van der Waals surface area contributed by atoms with Gasteiger partial charge in [0.1, 0.15) is 5.75 Å². The summed E-state index contributed by atoms with van der Waals surface area (Å²) < 4.78 is 21.6. The molecule has 1 unspecified atom stereocenters. The molecule has 8 heteroatoms. The fourth-order valence-corrected chi connectivity index (χ4v) is 3.35. The Morgan fingerprint density at radius 2 is 1.83 bits per heavy atom. The molecule has 8 nitrogen and oxygen atoms in total. The molecule has 30 heavy (non-hydrogen) atoms. The number of ether oxygens (including phenoxy) is 4. The van der Waals surface area contributed by atoms with Crippen molar-refractivity contribution in [3.05, 3.63) is 47.5 Å². The van der Waals surface area contributed by atoms with Crippen LogP contribution in [0, 0.1) is 0 Å². The molecular weight excluding hydrogens is 388 g/mol. The van der Waals surface area contributed by atoms with E-state index in [1.165, 1.54) is 26.3 Å². The Labute approximate surface area is 175 Å². The molecule has 0 aromatic heterocycles. The largest absolute Gasteiger partial charge is 0.508 e. The molecule has 3 rings (SSSR count). The van der Waals surface area contributed by atoms with E-state index in [4.69, 9.17) is 18.9 Å². The van der Waals surface area contributed by atoms with Gasteiger partial charge in [-0.2, -0.15) is 10.1 Å². The maximum atomic E-state index is 12.7. The van der Waals surface area contributed by atoms with Crippen LogP contribution in [0.3, 0.4) is 0 Å². The third kappa shape index (κ3) is 4.27. The second kappa shape index (κ2) is 9.39. The maximum Gasteiger partial charge on any atom is 0.430 e. The minimum absolute atomic E-state index is 0.131. The summed E-state index contributed by atoms with van der Waals surface area (Å²) in [6.45, 7) is 2.23. The predicted octanol–water partition coefficient (Wildman–Crippen LogP) is 4.12. The van der Waals surface area contributed by atoms with Gasteiger partial charge in [0, 0.05) is 12.0 Å². The van der Waals surface area contributed by atoms with Gasteiger partial charge >= 0.3 is 6.09 Å². The number of phenolic OH excluding ortho intramolecular Hbond substituents is 1. The summed E-state index contributed by atoms with van der Waals surface area (Å²) in [7, 11) is 4.61. The number of carbonyl (C=O) groups is 1. The van der Waals surface area contributed by atoms with Crippen molar-refractivity contribution in [1.82, 2.24) is 5.01 Å². The lowest BCUT2D eigenvalue weighted by atomic mass is 9.97. The van der Waals surface area contributed by atoms with Crippen LogP contribution in [0.25, 0.3) is 0 Å². The van der Waals surface area contributed by atoms with Crippen LogP contribution in [0.4, 0.5) is 4.79 Å². The molecule has 0 saturated heterocycles. The Hall–Kier alpha value is -3.42. The van der Waals surface area contributed by atoms with Gasteiger partial charge in [0.05, 0.1) is 39.7 Å². The molecule has 0 spiro atoms. The number of methoxy groups -OCH3 is 3. The van der Waals surface area contributed by atoms with Crippen LogP contribution < -0.4 is 14.2 Å². The quantitative estimate of drug-likeness (QED) is 0.733. The lowest BCUT2D eigenvalue weighted by molar-refractivity contribution is 0.0929. The Morgan fingerprint density at radius 1 is 1.13 bits per heavy atom. The van der Waals surface area contributed by atoms with Gasteiger partial charge in [-0.25, -0.2) is 4.79 Å². The molecule has 2 aromatic rings. The SMILES string of the molecule is CCCOC(=O)N1N=C(c2cccc(O)c2)CC1c1cc(OC)c(OC)c(OC)c1. The molecule has 0 fully saturated rings. The van der Waals surface area contributed by atoms with E-state index >= 15 is 0 Å². The molecule has 1 amide bonds.